The zero-order chi connectivity index (χ0) is 38.9. The zero-order valence-corrected chi connectivity index (χ0v) is 34.8. The SMILES string of the molecule is C[Si]1(C)c2ccccc2-c2cc(-c3ccc4ccc5ccc(-c6ccc7ccc8ccc(-c9ccc%10c(c9)-c9ccccc9[Si]%10(C)C)nc8c7n6)nc5c4n3)ccc21. The van der Waals surface area contributed by atoms with Crippen molar-refractivity contribution in [3.8, 4) is 56.2 Å². The van der Waals surface area contributed by atoms with E-state index < -0.39 is 16.1 Å². The Kier molecular flexibility index (Phi) is 6.91. The van der Waals surface area contributed by atoms with Crippen molar-refractivity contribution >= 4 is 80.5 Å². The average molecular weight is 775 g/mol. The van der Waals surface area contributed by atoms with E-state index in [4.69, 9.17) is 19.9 Å². The Balaban J connectivity index is 0.958. The van der Waals surface area contributed by atoms with Crippen LogP contribution in [0.1, 0.15) is 0 Å². The molecule has 0 amide bonds. The lowest BCUT2D eigenvalue weighted by Gasteiger charge is -2.18. The fraction of sp³-hybridized carbons (Fsp3) is 0.0769. The van der Waals surface area contributed by atoms with Crippen LogP contribution in [0.3, 0.4) is 0 Å². The summed E-state index contributed by atoms with van der Waals surface area (Å²) in [5.74, 6) is 0. The van der Waals surface area contributed by atoms with Crippen molar-refractivity contribution in [1.29, 1.82) is 0 Å². The van der Waals surface area contributed by atoms with E-state index in [0.29, 0.717) is 0 Å². The Bertz CT molecular complexity index is 3200. The lowest BCUT2D eigenvalue weighted by Crippen LogP contribution is -2.49. The maximum absolute atomic E-state index is 5.32. The van der Waals surface area contributed by atoms with Crippen LogP contribution in [-0.2, 0) is 0 Å². The zero-order valence-electron chi connectivity index (χ0n) is 32.8. The van der Waals surface area contributed by atoms with Gasteiger partial charge in [-0.25, -0.2) is 19.9 Å². The minimum Gasteiger partial charge on any atom is -0.245 e. The number of aromatic nitrogens is 4. The summed E-state index contributed by atoms with van der Waals surface area (Å²) < 4.78 is 0. The van der Waals surface area contributed by atoms with Crippen LogP contribution in [0.15, 0.2) is 158 Å². The van der Waals surface area contributed by atoms with Gasteiger partial charge in [0.25, 0.3) is 0 Å². The lowest BCUT2D eigenvalue weighted by atomic mass is 10.0. The molecule has 2 aliphatic heterocycles. The predicted octanol–water partition coefficient (Wildman–Crippen LogP) is 10.5. The van der Waals surface area contributed by atoms with Gasteiger partial charge in [0, 0.05) is 32.7 Å². The molecule has 0 saturated heterocycles. The first kappa shape index (κ1) is 33.5. The molecule has 4 aromatic heterocycles. The molecule has 0 saturated carbocycles. The molecule has 4 nitrogen and oxygen atoms in total. The van der Waals surface area contributed by atoms with Crippen molar-refractivity contribution in [2.24, 2.45) is 0 Å². The number of rotatable bonds is 3. The standard InChI is InChI=1S/C52H38N4Si2/c1-57(2)45-11-7-5-9-37(45)39-29-35(21-27-47(39)57)41-23-17-31-13-15-33-19-25-43(55-51(33)49(31)53-41)44-26-20-34-16-14-32-18-24-42(54-50(32)52(34)56-44)36-22-28-48-40(30-36)38-10-6-8-12-46(38)58(48,3)4/h5-30H,1-4H3. The fourth-order valence-electron chi connectivity index (χ4n) is 9.90. The maximum atomic E-state index is 5.32. The summed E-state index contributed by atoms with van der Waals surface area (Å²) in [6, 6.07) is 57.4. The average Bonchev–Trinajstić information content (AvgIpc) is 3.64. The van der Waals surface area contributed by atoms with Crippen molar-refractivity contribution < 1.29 is 0 Å². The maximum Gasteiger partial charge on any atom is 0.113 e. The van der Waals surface area contributed by atoms with Gasteiger partial charge in [-0.1, -0.05) is 148 Å². The van der Waals surface area contributed by atoms with Gasteiger partial charge in [0.1, 0.15) is 16.1 Å². The molecule has 0 radical (unpaired) electrons. The van der Waals surface area contributed by atoms with E-state index in [0.717, 1.165) is 77.5 Å². The number of pyridine rings is 4. The summed E-state index contributed by atoms with van der Waals surface area (Å²) >= 11 is 0. The molecule has 0 aliphatic carbocycles. The third-order valence-corrected chi connectivity index (χ3v) is 20.2. The van der Waals surface area contributed by atoms with E-state index in [1.165, 1.54) is 43.0 Å². The third kappa shape index (κ3) is 4.79. The first-order valence-electron chi connectivity index (χ1n) is 20.1. The highest BCUT2D eigenvalue weighted by atomic mass is 28.3. The minimum atomic E-state index is -1.73. The van der Waals surface area contributed by atoms with Gasteiger partial charge in [-0.05, 0) is 79.4 Å². The molecular formula is C52H38N4Si2. The van der Waals surface area contributed by atoms with Gasteiger partial charge >= 0.3 is 0 Å². The van der Waals surface area contributed by atoms with Crippen LogP contribution >= 0.6 is 0 Å². The summed E-state index contributed by atoms with van der Waals surface area (Å²) in [6.07, 6.45) is 0. The Morgan fingerprint density at radius 2 is 0.603 bits per heavy atom. The second-order valence-corrected chi connectivity index (χ2v) is 25.7. The molecular weight excluding hydrogens is 737 g/mol. The molecule has 2 aliphatic rings. The summed E-state index contributed by atoms with van der Waals surface area (Å²) in [6.45, 7) is 9.82. The van der Waals surface area contributed by atoms with Crippen molar-refractivity contribution in [2.75, 3.05) is 0 Å². The van der Waals surface area contributed by atoms with E-state index in [2.05, 4.69) is 184 Å². The summed E-state index contributed by atoms with van der Waals surface area (Å²) in [7, 11) is -3.47. The normalized spacial score (nSPS) is 14.5. The van der Waals surface area contributed by atoms with Gasteiger partial charge in [-0.15, -0.1) is 0 Å². The van der Waals surface area contributed by atoms with Gasteiger partial charge in [0.2, 0.25) is 0 Å². The second-order valence-electron chi connectivity index (χ2n) is 17.1. The highest BCUT2D eigenvalue weighted by Crippen LogP contribution is 2.36. The van der Waals surface area contributed by atoms with Crippen LogP contribution in [0.4, 0.5) is 0 Å². The van der Waals surface area contributed by atoms with Crippen LogP contribution in [0.2, 0.25) is 26.2 Å². The molecule has 0 bridgehead atoms. The molecule has 0 spiro atoms. The van der Waals surface area contributed by atoms with Gasteiger partial charge in [-0.3, -0.25) is 0 Å². The third-order valence-electron chi connectivity index (χ3n) is 13.1. The molecule has 0 fully saturated rings. The fourth-order valence-corrected chi connectivity index (χ4v) is 16.1. The molecule has 0 unspecified atom stereocenters. The van der Waals surface area contributed by atoms with Crippen molar-refractivity contribution in [3.63, 3.8) is 0 Å². The van der Waals surface area contributed by atoms with Gasteiger partial charge < -0.3 is 0 Å². The Morgan fingerprint density at radius 1 is 0.293 bits per heavy atom. The van der Waals surface area contributed by atoms with Crippen LogP contribution in [0.5, 0.6) is 0 Å². The number of nitrogens with zero attached hydrogens (tertiary/aromatic N) is 4. The number of benzene rings is 6. The first-order chi connectivity index (χ1) is 28.2. The molecule has 274 valence electrons. The van der Waals surface area contributed by atoms with Crippen LogP contribution in [0.25, 0.3) is 99.8 Å². The molecule has 58 heavy (non-hydrogen) atoms. The monoisotopic (exact) mass is 774 g/mol. The molecule has 6 aromatic carbocycles. The minimum absolute atomic E-state index is 0.813. The van der Waals surface area contributed by atoms with Crippen LogP contribution in [0, 0.1) is 0 Å². The topological polar surface area (TPSA) is 51.6 Å². The van der Waals surface area contributed by atoms with E-state index in [-0.39, 0.29) is 0 Å². The van der Waals surface area contributed by atoms with Crippen molar-refractivity contribution in [2.45, 2.75) is 26.2 Å². The molecule has 12 rings (SSSR count). The van der Waals surface area contributed by atoms with E-state index in [1.807, 2.05) is 0 Å². The molecule has 10 aromatic rings. The van der Waals surface area contributed by atoms with Crippen molar-refractivity contribution in [1.82, 2.24) is 19.9 Å². The quantitative estimate of drug-likeness (QED) is 0.133. The van der Waals surface area contributed by atoms with E-state index >= 15 is 0 Å². The summed E-state index contributed by atoms with van der Waals surface area (Å²) in [4.78, 5) is 21.2. The number of fused-ring (bicyclic) bond motifs is 12. The molecule has 0 atom stereocenters. The second kappa shape index (κ2) is 12.0. The molecule has 6 heterocycles. The highest BCUT2D eigenvalue weighted by molar-refractivity contribution is 7.04. The number of hydrogen-bond donors (Lipinski definition) is 0. The van der Waals surface area contributed by atoms with Crippen LogP contribution in [-0.4, -0.2) is 36.1 Å². The first-order valence-corrected chi connectivity index (χ1v) is 26.1. The van der Waals surface area contributed by atoms with Crippen molar-refractivity contribution in [3.05, 3.63) is 158 Å². The highest BCUT2D eigenvalue weighted by Gasteiger charge is 2.38. The number of hydrogen-bond acceptors (Lipinski definition) is 4. The summed E-state index contributed by atoms with van der Waals surface area (Å²) in [5, 5.41) is 10.3. The van der Waals surface area contributed by atoms with E-state index in [1.54, 1.807) is 0 Å². The lowest BCUT2D eigenvalue weighted by molar-refractivity contribution is 1.31. The predicted molar refractivity (Wildman–Crippen MR) is 248 cm³/mol. The van der Waals surface area contributed by atoms with Gasteiger partial charge in [0.15, 0.2) is 0 Å². The largest absolute Gasteiger partial charge is 0.245 e. The Hall–Kier alpha value is -6.61. The molecule has 0 N–H and O–H groups in total. The summed E-state index contributed by atoms with van der Waals surface area (Å²) in [5.41, 5.74) is 14.8. The van der Waals surface area contributed by atoms with E-state index in [9.17, 15) is 0 Å². The van der Waals surface area contributed by atoms with Gasteiger partial charge in [0.05, 0.1) is 44.8 Å². The smallest absolute Gasteiger partial charge is 0.113 e. The Morgan fingerprint density at radius 3 is 1.00 bits per heavy atom. The molecule has 6 heteroatoms. The van der Waals surface area contributed by atoms with Gasteiger partial charge in [-0.2, -0.15) is 0 Å². The van der Waals surface area contributed by atoms with Crippen LogP contribution < -0.4 is 20.7 Å². The Labute approximate surface area is 339 Å².